The number of unbranched alkanes of at least 4 members (excludes halogenated alkanes) is 1. The second kappa shape index (κ2) is 7.75. The van der Waals surface area contributed by atoms with E-state index in [1.54, 1.807) is 18.2 Å². The van der Waals surface area contributed by atoms with Gasteiger partial charge in [-0.2, -0.15) is 0 Å². The monoisotopic (exact) mass is 339 g/mol. The minimum Gasteiger partial charge on any atom is -0.494 e. The van der Waals surface area contributed by atoms with Crippen LogP contribution in [0.3, 0.4) is 0 Å². The number of hydrogen-bond donors (Lipinski definition) is 0. The molecule has 0 fully saturated rings. The van der Waals surface area contributed by atoms with Gasteiger partial charge in [-0.1, -0.05) is 37.6 Å². The van der Waals surface area contributed by atoms with Crippen LogP contribution in [0.1, 0.15) is 30.9 Å². The standard InChI is InChI=1S/C20H18FNO3/c1-2-3-12-24-15-10-8-14(9-11-15)13-18-20(23)25-19(22-18)16-6-4-5-7-17(16)21/h4-11,13H,2-3,12H2,1H3/b18-13-. The molecule has 0 spiro atoms. The Morgan fingerprint density at radius 2 is 1.92 bits per heavy atom. The summed E-state index contributed by atoms with van der Waals surface area (Å²) in [6, 6.07) is 13.4. The molecule has 25 heavy (non-hydrogen) atoms. The summed E-state index contributed by atoms with van der Waals surface area (Å²) >= 11 is 0. The Labute approximate surface area is 145 Å². The number of carbonyl (C=O) groups is 1. The number of cyclic esters (lactones) is 1. The van der Waals surface area contributed by atoms with Crippen molar-refractivity contribution >= 4 is 17.9 Å². The van der Waals surface area contributed by atoms with Crippen LogP contribution < -0.4 is 4.74 Å². The van der Waals surface area contributed by atoms with Crippen molar-refractivity contribution in [1.82, 2.24) is 0 Å². The van der Waals surface area contributed by atoms with Crippen LogP contribution in [-0.2, 0) is 9.53 Å². The lowest BCUT2D eigenvalue weighted by Crippen LogP contribution is -2.07. The first-order chi connectivity index (χ1) is 12.2. The molecule has 0 atom stereocenters. The molecule has 0 N–H and O–H groups in total. The van der Waals surface area contributed by atoms with Gasteiger partial charge in [0.15, 0.2) is 5.70 Å². The zero-order valence-electron chi connectivity index (χ0n) is 13.9. The van der Waals surface area contributed by atoms with Crippen molar-refractivity contribution < 1.29 is 18.7 Å². The molecule has 0 unspecified atom stereocenters. The minimum absolute atomic E-state index is 0.0196. The Morgan fingerprint density at radius 3 is 2.64 bits per heavy atom. The fourth-order valence-corrected chi connectivity index (χ4v) is 2.31. The number of halogens is 1. The van der Waals surface area contributed by atoms with Crippen LogP contribution in [0.2, 0.25) is 0 Å². The molecule has 1 aliphatic heterocycles. The predicted octanol–water partition coefficient (Wildman–Crippen LogP) is 4.35. The molecule has 1 aliphatic rings. The van der Waals surface area contributed by atoms with Gasteiger partial charge in [0, 0.05) is 0 Å². The van der Waals surface area contributed by atoms with Gasteiger partial charge in [-0.15, -0.1) is 0 Å². The number of esters is 1. The van der Waals surface area contributed by atoms with Crippen molar-refractivity contribution in [1.29, 1.82) is 0 Å². The van der Waals surface area contributed by atoms with Gasteiger partial charge >= 0.3 is 5.97 Å². The molecule has 0 aromatic heterocycles. The molecule has 0 bridgehead atoms. The predicted molar refractivity (Wildman–Crippen MR) is 93.9 cm³/mol. The highest BCUT2D eigenvalue weighted by Crippen LogP contribution is 2.21. The van der Waals surface area contributed by atoms with Crippen molar-refractivity contribution in [2.24, 2.45) is 4.99 Å². The summed E-state index contributed by atoms with van der Waals surface area (Å²) < 4.78 is 24.5. The van der Waals surface area contributed by atoms with E-state index in [1.165, 1.54) is 12.1 Å². The van der Waals surface area contributed by atoms with Crippen molar-refractivity contribution in [3.05, 3.63) is 71.2 Å². The molecule has 0 amide bonds. The molecule has 0 radical (unpaired) electrons. The van der Waals surface area contributed by atoms with Crippen molar-refractivity contribution in [2.75, 3.05) is 6.61 Å². The number of carbonyl (C=O) groups excluding carboxylic acids is 1. The van der Waals surface area contributed by atoms with E-state index in [2.05, 4.69) is 11.9 Å². The van der Waals surface area contributed by atoms with Crippen LogP contribution in [-0.4, -0.2) is 18.5 Å². The fraction of sp³-hybridized carbons (Fsp3) is 0.200. The molecule has 0 aliphatic carbocycles. The smallest absolute Gasteiger partial charge is 0.363 e. The van der Waals surface area contributed by atoms with Gasteiger partial charge in [-0.25, -0.2) is 14.2 Å². The lowest BCUT2D eigenvalue weighted by molar-refractivity contribution is -0.129. The van der Waals surface area contributed by atoms with Crippen LogP contribution in [0.4, 0.5) is 4.39 Å². The first-order valence-electron chi connectivity index (χ1n) is 8.17. The first kappa shape index (κ1) is 16.9. The number of hydrogen-bond acceptors (Lipinski definition) is 4. The van der Waals surface area contributed by atoms with E-state index in [0.29, 0.717) is 6.61 Å². The number of rotatable bonds is 6. The molecule has 0 saturated heterocycles. The topological polar surface area (TPSA) is 47.9 Å². The van der Waals surface area contributed by atoms with E-state index in [-0.39, 0.29) is 17.2 Å². The first-order valence-corrected chi connectivity index (χ1v) is 8.17. The normalized spacial score (nSPS) is 15.2. The molecule has 1 heterocycles. The SMILES string of the molecule is CCCCOc1ccc(/C=C2\N=C(c3ccccc3F)OC2=O)cc1. The van der Waals surface area contributed by atoms with Gasteiger partial charge < -0.3 is 9.47 Å². The van der Waals surface area contributed by atoms with E-state index in [9.17, 15) is 9.18 Å². The third-order valence-corrected chi connectivity index (χ3v) is 3.67. The summed E-state index contributed by atoms with van der Waals surface area (Å²) in [7, 11) is 0. The van der Waals surface area contributed by atoms with Crippen molar-refractivity contribution in [3.63, 3.8) is 0 Å². The van der Waals surface area contributed by atoms with E-state index >= 15 is 0 Å². The van der Waals surface area contributed by atoms with Gasteiger partial charge in [0.25, 0.3) is 0 Å². The number of ether oxygens (including phenoxy) is 2. The molecule has 2 aromatic carbocycles. The van der Waals surface area contributed by atoms with E-state index in [0.717, 1.165) is 24.2 Å². The average molecular weight is 339 g/mol. The van der Waals surface area contributed by atoms with Gasteiger partial charge in [0.05, 0.1) is 12.2 Å². The lowest BCUT2D eigenvalue weighted by atomic mass is 10.2. The van der Waals surface area contributed by atoms with E-state index in [4.69, 9.17) is 9.47 Å². The second-order valence-electron chi connectivity index (χ2n) is 5.59. The summed E-state index contributed by atoms with van der Waals surface area (Å²) in [5.41, 5.74) is 1.09. The molecule has 4 nitrogen and oxygen atoms in total. The summed E-state index contributed by atoms with van der Waals surface area (Å²) in [6.45, 7) is 2.79. The van der Waals surface area contributed by atoms with Crippen LogP contribution >= 0.6 is 0 Å². The Morgan fingerprint density at radius 1 is 1.16 bits per heavy atom. The van der Waals surface area contributed by atoms with Crippen LogP contribution in [0.15, 0.2) is 59.2 Å². The number of nitrogens with zero attached hydrogens (tertiary/aromatic N) is 1. The quantitative estimate of drug-likeness (QED) is 0.447. The zero-order valence-corrected chi connectivity index (χ0v) is 13.9. The molecule has 5 heteroatoms. The zero-order chi connectivity index (χ0) is 17.6. The maximum absolute atomic E-state index is 13.8. The third kappa shape index (κ3) is 4.12. The maximum atomic E-state index is 13.8. The van der Waals surface area contributed by atoms with Crippen LogP contribution in [0, 0.1) is 5.82 Å². The Hall–Kier alpha value is -2.95. The minimum atomic E-state index is -0.596. The summed E-state index contributed by atoms with van der Waals surface area (Å²) in [5.74, 6) is -0.320. The van der Waals surface area contributed by atoms with Crippen molar-refractivity contribution in [2.45, 2.75) is 19.8 Å². The third-order valence-electron chi connectivity index (χ3n) is 3.67. The van der Waals surface area contributed by atoms with Gasteiger partial charge in [-0.3, -0.25) is 0 Å². The van der Waals surface area contributed by atoms with Crippen LogP contribution in [0.5, 0.6) is 5.75 Å². The summed E-state index contributed by atoms with van der Waals surface area (Å²) in [6.07, 6.45) is 3.69. The molecule has 0 saturated carbocycles. The fourth-order valence-electron chi connectivity index (χ4n) is 2.31. The van der Waals surface area contributed by atoms with Crippen LogP contribution in [0.25, 0.3) is 6.08 Å². The Bertz CT molecular complexity index is 825. The highest BCUT2D eigenvalue weighted by atomic mass is 19.1. The van der Waals surface area contributed by atoms with Crippen molar-refractivity contribution in [3.8, 4) is 5.75 Å². The Kier molecular flexibility index (Phi) is 5.23. The van der Waals surface area contributed by atoms with Gasteiger partial charge in [0.1, 0.15) is 11.6 Å². The highest BCUT2D eigenvalue weighted by Gasteiger charge is 2.25. The summed E-state index contributed by atoms with van der Waals surface area (Å²) in [4.78, 5) is 16.1. The van der Waals surface area contributed by atoms with E-state index in [1.807, 2.05) is 24.3 Å². The molecule has 128 valence electrons. The van der Waals surface area contributed by atoms with E-state index < -0.39 is 11.8 Å². The number of aliphatic imine (C=N–C) groups is 1. The highest BCUT2D eigenvalue weighted by molar-refractivity contribution is 6.12. The molecular weight excluding hydrogens is 321 g/mol. The maximum Gasteiger partial charge on any atom is 0.363 e. The van der Waals surface area contributed by atoms with Gasteiger partial charge in [0.2, 0.25) is 5.90 Å². The lowest BCUT2D eigenvalue weighted by Gasteiger charge is -2.05. The molecular formula is C20H18FNO3. The van der Waals surface area contributed by atoms with Gasteiger partial charge in [-0.05, 0) is 42.3 Å². The largest absolute Gasteiger partial charge is 0.494 e. The second-order valence-corrected chi connectivity index (χ2v) is 5.59. The molecule has 3 rings (SSSR count). The molecule has 2 aromatic rings. The Balaban J connectivity index is 1.77. The average Bonchev–Trinajstić information content (AvgIpc) is 2.97. The number of benzene rings is 2. The summed E-state index contributed by atoms with van der Waals surface area (Å²) in [5, 5.41) is 0.